The quantitative estimate of drug-likeness (QED) is 0.161. The molecular formula is C22H38ClN3O3RhS-6. The SMILES string of the molecule is CNC(=S)NNC(C)=O.COc1ccccc1C=O.Cl.[C-]1=CC=CC1.[CH3-].[CH3-].[CH3-].[CH3-].[CH3-].[Rh]. The minimum atomic E-state index is -0.174. The number of methoxy groups -OCH3 is 1. The van der Waals surface area contributed by atoms with Gasteiger partial charge < -0.3 is 47.2 Å². The van der Waals surface area contributed by atoms with Gasteiger partial charge in [-0.25, -0.2) is 12.2 Å². The summed E-state index contributed by atoms with van der Waals surface area (Å²) in [6, 6.07) is 7.09. The van der Waals surface area contributed by atoms with Crippen molar-refractivity contribution in [2.75, 3.05) is 14.2 Å². The smallest absolute Gasteiger partial charge is 0.235 e. The van der Waals surface area contributed by atoms with Gasteiger partial charge in [0.1, 0.15) is 5.75 Å². The fourth-order valence-corrected chi connectivity index (χ4v) is 1.36. The van der Waals surface area contributed by atoms with E-state index in [1.165, 1.54) is 6.92 Å². The fourth-order valence-electron chi connectivity index (χ4n) is 1.31. The first-order valence-corrected chi connectivity index (χ1v) is 7.50. The first kappa shape index (κ1) is 51.7. The normalized spacial score (nSPS) is 7.97. The van der Waals surface area contributed by atoms with Gasteiger partial charge in [0.25, 0.3) is 0 Å². The zero-order valence-electron chi connectivity index (χ0n) is 19.7. The summed E-state index contributed by atoms with van der Waals surface area (Å²) in [4.78, 5) is 20.5. The summed E-state index contributed by atoms with van der Waals surface area (Å²) in [6.07, 6.45) is 10.8. The van der Waals surface area contributed by atoms with E-state index in [1.54, 1.807) is 32.4 Å². The number of carbonyl (C=O) groups excluding carboxylic acids is 2. The maximum Gasteiger partial charge on any atom is 0.235 e. The molecule has 6 nitrogen and oxygen atoms in total. The van der Waals surface area contributed by atoms with Crippen molar-refractivity contribution in [1.29, 1.82) is 0 Å². The average molecular weight is 563 g/mol. The van der Waals surface area contributed by atoms with E-state index >= 15 is 0 Å². The van der Waals surface area contributed by atoms with E-state index in [4.69, 9.17) is 4.74 Å². The number of hydrogen-bond donors (Lipinski definition) is 3. The van der Waals surface area contributed by atoms with E-state index in [9.17, 15) is 9.59 Å². The Hall–Kier alpha value is -1.76. The molecule has 1 aromatic carbocycles. The van der Waals surface area contributed by atoms with Crippen molar-refractivity contribution in [2.24, 2.45) is 0 Å². The first-order valence-electron chi connectivity index (χ1n) is 7.09. The third kappa shape index (κ3) is 30.5. The number of rotatable bonds is 2. The summed E-state index contributed by atoms with van der Waals surface area (Å²) < 4.78 is 4.90. The van der Waals surface area contributed by atoms with E-state index in [0.717, 1.165) is 12.7 Å². The van der Waals surface area contributed by atoms with Crippen LogP contribution in [0, 0.1) is 43.2 Å². The fraction of sp³-hybridized carbons (Fsp3) is 0.182. The first-order chi connectivity index (χ1) is 11.5. The Morgan fingerprint density at radius 2 is 1.68 bits per heavy atom. The molecule has 0 spiro atoms. The molecule has 2 rings (SSSR count). The van der Waals surface area contributed by atoms with Gasteiger partial charge in [-0.2, -0.15) is 6.08 Å². The van der Waals surface area contributed by atoms with E-state index in [0.29, 0.717) is 16.4 Å². The van der Waals surface area contributed by atoms with Crippen LogP contribution in [0.25, 0.3) is 0 Å². The van der Waals surface area contributed by atoms with Crippen LogP contribution in [0.3, 0.4) is 0 Å². The number of halogens is 1. The Morgan fingerprint density at radius 1 is 1.13 bits per heavy atom. The number of ether oxygens (including phenoxy) is 1. The molecule has 1 aromatic rings. The molecule has 9 heteroatoms. The van der Waals surface area contributed by atoms with Crippen LogP contribution in [-0.2, 0) is 24.3 Å². The predicted molar refractivity (Wildman–Crippen MR) is 138 cm³/mol. The van der Waals surface area contributed by atoms with Gasteiger partial charge in [0, 0.05) is 33.4 Å². The number of amides is 1. The Bertz CT molecular complexity index is 591. The molecule has 0 bridgehead atoms. The van der Waals surface area contributed by atoms with Gasteiger partial charge in [-0.1, -0.05) is 12.1 Å². The zero-order chi connectivity index (χ0) is 18.2. The zero-order valence-corrected chi connectivity index (χ0v) is 23.0. The third-order valence-corrected chi connectivity index (χ3v) is 2.74. The van der Waals surface area contributed by atoms with Gasteiger partial charge in [0.2, 0.25) is 5.91 Å². The van der Waals surface area contributed by atoms with Gasteiger partial charge >= 0.3 is 0 Å². The van der Waals surface area contributed by atoms with Crippen LogP contribution < -0.4 is 20.9 Å². The molecule has 1 radical (unpaired) electrons. The second-order valence-electron chi connectivity index (χ2n) is 4.25. The van der Waals surface area contributed by atoms with Crippen molar-refractivity contribution >= 4 is 41.9 Å². The summed E-state index contributed by atoms with van der Waals surface area (Å²) in [5.41, 5.74) is 5.34. The number of carbonyl (C=O) groups is 2. The monoisotopic (exact) mass is 562 g/mol. The summed E-state index contributed by atoms with van der Waals surface area (Å²) in [6.45, 7) is 1.39. The Balaban J connectivity index is -0.0000000396. The van der Waals surface area contributed by atoms with Crippen LogP contribution in [-0.4, -0.2) is 31.5 Å². The number of thiocarbonyl (C=S) groups is 1. The minimum absolute atomic E-state index is 0. The van der Waals surface area contributed by atoms with Crippen LogP contribution in [0.15, 0.2) is 42.5 Å². The number of para-hydroxylation sites is 1. The molecule has 0 heterocycles. The minimum Gasteiger partial charge on any atom is -0.496 e. The molecule has 0 fully saturated rings. The number of benzene rings is 1. The average Bonchev–Trinajstić information content (AvgIpc) is 3.20. The van der Waals surface area contributed by atoms with Crippen molar-refractivity contribution in [3.8, 4) is 5.75 Å². The van der Waals surface area contributed by atoms with Gasteiger partial charge in [0.15, 0.2) is 11.4 Å². The third-order valence-electron chi connectivity index (χ3n) is 2.43. The van der Waals surface area contributed by atoms with E-state index in [2.05, 4.69) is 40.5 Å². The standard InChI is InChI=1S/C8H8O2.C5H5.C4H9N3OS.5CH3.ClH.Rh/c1-10-8-5-3-2-4-7(8)6-9;1-2-4-5-3-1;1-3(8)6-7-4(9)5-2;;;;;;;/h2-6H,1H3;1-3H,4H2;1-2H3,(H,6,8)(H2,5,7,9);5*1H3;1H;/q;-1;;5*-1;;. The molecule has 3 N–H and O–H groups in total. The summed E-state index contributed by atoms with van der Waals surface area (Å²) in [5.74, 6) is 0.449. The molecule has 0 saturated heterocycles. The number of allylic oxidation sites excluding steroid dienone is 4. The Labute approximate surface area is 215 Å². The number of nitrogens with one attached hydrogen (secondary N) is 3. The van der Waals surface area contributed by atoms with Crippen molar-refractivity contribution in [2.45, 2.75) is 13.3 Å². The molecule has 0 saturated carbocycles. The predicted octanol–water partition coefficient (Wildman–Crippen LogP) is 4.62. The second-order valence-corrected chi connectivity index (χ2v) is 4.66. The summed E-state index contributed by atoms with van der Waals surface area (Å²) in [7, 11) is 3.21. The summed E-state index contributed by atoms with van der Waals surface area (Å²) >= 11 is 4.64. The molecule has 187 valence electrons. The van der Waals surface area contributed by atoms with Crippen LogP contribution in [0.4, 0.5) is 0 Å². The molecule has 1 amide bonds. The van der Waals surface area contributed by atoms with Crippen LogP contribution >= 0.6 is 24.6 Å². The van der Waals surface area contributed by atoms with Crippen molar-refractivity contribution < 1.29 is 33.8 Å². The number of hydrazine groups is 1. The van der Waals surface area contributed by atoms with Crippen LogP contribution in [0.1, 0.15) is 23.7 Å². The molecule has 1 aliphatic carbocycles. The second kappa shape index (κ2) is 35.7. The largest absolute Gasteiger partial charge is 0.496 e. The topological polar surface area (TPSA) is 79.5 Å². The van der Waals surface area contributed by atoms with Crippen LogP contribution in [0.5, 0.6) is 5.75 Å². The van der Waals surface area contributed by atoms with Crippen molar-refractivity contribution in [3.63, 3.8) is 0 Å². The van der Waals surface area contributed by atoms with Crippen molar-refractivity contribution in [3.05, 3.63) is 91.3 Å². The Kier molecular flexibility index (Phi) is 59.5. The van der Waals surface area contributed by atoms with Gasteiger partial charge in [-0.05, 0) is 24.4 Å². The molecule has 0 aromatic heterocycles. The van der Waals surface area contributed by atoms with Crippen LogP contribution in [0.2, 0.25) is 0 Å². The molecule has 0 aliphatic heterocycles. The number of hydrogen-bond acceptors (Lipinski definition) is 4. The maximum absolute atomic E-state index is 10.3. The molecule has 1 aliphatic rings. The van der Waals surface area contributed by atoms with E-state index in [1.807, 2.05) is 18.2 Å². The molecule has 0 unspecified atom stereocenters. The molecule has 31 heavy (non-hydrogen) atoms. The van der Waals surface area contributed by atoms with E-state index in [-0.39, 0.29) is 74.9 Å². The Morgan fingerprint density at radius 3 is 1.97 bits per heavy atom. The maximum atomic E-state index is 10.3. The van der Waals surface area contributed by atoms with Gasteiger partial charge in [0.05, 0.1) is 12.7 Å². The number of aldehydes is 1. The summed E-state index contributed by atoms with van der Waals surface area (Å²) in [5, 5.41) is 3.02. The van der Waals surface area contributed by atoms with Gasteiger partial charge in [-0.15, -0.1) is 18.8 Å². The molecule has 0 atom stereocenters. The van der Waals surface area contributed by atoms with Gasteiger partial charge in [-0.3, -0.25) is 26.5 Å². The van der Waals surface area contributed by atoms with E-state index < -0.39 is 0 Å². The molecular weight excluding hydrogens is 525 g/mol. The van der Waals surface area contributed by atoms with Crippen molar-refractivity contribution in [1.82, 2.24) is 16.2 Å².